The van der Waals surface area contributed by atoms with E-state index in [-0.39, 0.29) is 0 Å². The molecule has 1 atom stereocenters. The van der Waals surface area contributed by atoms with Crippen molar-refractivity contribution in [2.45, 2.75) is 39.7 Å². The van der Waals surface area contributed by atoms with E-state index in [1.807, 2.05) is 12.1 Å². The van der Waals surface area contributed by atoms with Gasteiger partial charge in [-0.2, -0.15) is 0 Å². The van der Waals surface area contributed by atoms with E-state index in [1.165, 1.54) is 15.3 Å². The summed E-state index contributed by atoms with van der Waals surface area (Å²) >= 11 is 1.74. The summed E-state index contributed by atoms with van der Waals surface area (Å²) in [4.78, 5) is 2.46. The monoisotopic (exact) mass is 260 g/mol. The lowest BCUT2D eigenvalue weighted by molar-refractivity contribution is 0.220. The van der Waals surface area contributed by atoms with Crippen LogP contribution in [0.4, 0.5) is 0 Å². The quantitative estimate of drug-likeness (QED) is 0.864. The molecule has 2 aromatic rings. The van der Waals surface area contributed by atoms with Crippen molar-refractivity contribution in [3.05, 3.63) is 56.8 Å². The minimum Gasteiger partial charge on any atom is -0.384 e. The van der Waals surface area contributed by atoms with Crippen LogP contribution in [-0.2, 0) is 6.42 Å². The molecular weight excluding hydrogens is 240 g/mol. The fraction of sp³-hybridized carbons (Fsp3) is 0.375. The molecule has 0 saturated carbocycles. The van der Waals surface area contributed by atoms with Gasteiger partial charge in [-0.3, -0.25) is 0 Å². The van der Waals surface area contributed by atoms with Crippen molar-refractivity contribution in [1.82, 2.24) is 0 Å². The average molecular weight is 260 g/mol. The molecule has 2 heteroatoms. The van der Waals surface area contributed by atoms with Crippen LogP contribution < -0.4 is 0 Å². The molecule has 1 aromatic heterocycles. The number of benzene rings is 1. The molecule has 0 aliphatic heterocycles. The summed E-state index contributed by atoms with van der Waals surface area (Å²) in [5.41, 5.74) is 3.36. The number of rotatable bonds is 4. The molecule has 0 aliphatic carbocycles. The predicted molar refractivity (Wildman–Crippen MR) is 78.3 cm³/mol. The summed E-state index contributed by atoms with van der Waals surface area (Å²) in [6.07, 6.45) is 1.77. The molecule has 0 saturated heterocycles. The van der Waals surface area contributed by atoms with Gasteiger partial charge in [0.15, 0.2) is 0 Å². The maximum Gasteiger partial charge on any atom is 0.105 e. The maximum atomic E-state index is 10.4. The second kappa shape index (κ2) is 5.68. The van der Waals surface area contributed by atoms with E-state index in [4.69, 9.17) is 0 Å². The Hall–Kier alpha value is -1.12. The van der Waals surface area contributed by atoms with Gasteiger partial charge in [0.1, 0.15) is 6.10 Å². The SMILES string of the molecule is CCCc1ccc(C(O)c2cc(C)sc2C)cc1. The van der Waals surface area contributed by atoms with E-state index in [9.17, 15) is 5.11 Å². The van der Waals surface area contributed by atoms with Crippen molar-refractivity contribution in [2.75, 3.05) is 0 Å². The van der Waals surface area contributed by atoms with E-state index in [0.717, 1.165) is 24.0 Å². The van der Waals surface area contributed by atoms with Crippen molar-refractivity contribution >= 4 is 11.3 Å². The zero-order valence-electron chi connectivity index (χ0n) is 11.2. The molecular formula is C16H20OS. The second-order valence-corrected chi connectivity index (χ2v) is 6.22. The molecule has 0 bridgehead atoms. The van der Waals surface area contributed by atoms with Crippen LogP contribution in [0.5, 0.6) is 0 Å². The fourth-order valence-corrected chi connectivity index (χ4v) is 3.21. The number of aliphatic hydroxyl groups is 1. The normalized spacial score (nSPS) is 12.7. The maximum absolute atomic E-state index is 10.4. The van der Waals surface area contributed by atoms with Gasteiger partial charge in [0.2, 0.25) is 0 Å². The number of aliphatic hydroxyl groups excluding tert-OH is 1. The van der Waals surface area contributed by atoms with Gasteiger partial charge in [0.05, 0.1) is 0 Å². The van der Waals surface area contributed by atoms with Crippen molar-refractivity contribution in [3.63, 3.8) is 0 Å². The van der Waals surface area contributed by atoms with Crippen LogP contribution in [0.1, 0.15) is 45.9 Å². The minimum atomic E-state index is -0.495. The van der Waals surface area contributed by atoms with E-state index in [1.54, 1.807) is 11.3 Å². The van der Waals surface area contributed by atoms with Crippen LogP contribution in [0.3, 0.4) is 0 Å². The van der Waals surface area contributed by atoms with Crippen LogP contribution in [0.15, 0.2) is 30.3 Å². The van der Waals surface area contributed by atoms with Crippen LogP contribution >= 0.6 is 11.3 Å². The lowest BCUT2D eigenvalue weighted by Crippen LogP contribution is -1.99. The molecule has 1 heterocycles. The molecule has 1 N–H and O–H groups in total. The lowest BCUT2D eigenvalue weighted by atomic mass is 10.00. The van der Waals surface area contributed by atoms with Gasteiger partial charge in [-0.05, 0) is 43.0 Å². The standard InChI is InChI=1S/C16H20OS/c1-4-5-13-6-8-14(9-7-13)16(17)15-10-11(2)18-12(15)3/h6-10,16-17H,4-5H2,1-3H3. The molecule has 0 spiro atoms. The van der Waals surface area contributed by atoms with Gasteiger partial charge in [0.25, 0.3) is 0 Å². The number of hydrogen-bond acceptors (Lipinski definition) is 2. The third kappa shape index (κ3) is 2.82. The summed E-state index contributed by atoms with van der Waals surface area (Å²) < 4.78 is 0. The zero-order chi connectivity index (χ0) is 13.1. The highest BCUT2D eigenvalue weighted by molar-refractivity contribution is 7.12. The third-order valence-corrected chi connectivity index (χ3v) is 4.19. The Morgan fingerprint density at radius 2 is 1.83 bits per heavy atom. The van der Waals surface area contributed by atoms with Gasteiger partial charge in [-0.15, -0.1) is 11.3 Å². The largest absolute Gasteiger partial charge is 0.384 e. The summed E-state index contributed by atoms with van der Waals surface area (Å²) in [5.74, 6) is 0. The molecule has 0 radical (unpaired) electrons. The molecule has 96 valence electrons. The van der Waals surface area contributed by atoms with Gasteiger partial charge >= 0.3 is 0 Å². The first-order valence-electron chi connectivity index (χ1n) is 6.45. The molecule has 2 rings (SSSR count). The van der Waals surface area contributed by atoms with Crippen molar-refractivity contribution < 1.29 is 5.11 Å². The third-order valence-electron chi connectivity index (χ3n) is 3.21. The van der Waals surface area contributed by atoms with Gasteiger partial charge in [0, 0.05) is 9.75 Å². The van der Waals surface area contributed by atoms with Crippen LogP contribution in [0.2, 0.25) is 0 Å². The van der Waals surface area contributed by atoms with E-state index < -0.39 is 6.10 Å². The Bertz CT molecular complexity index is 510. The zero-order valence-corrected chi connectivity index (χ0v) is 12.1. The summed E-state index contributed by atoms with van der Waals surface area (Å²) in [6, 6.07) is 10.4. The smallest absolute Gasteiger partial charge is 0.105 e. The molecule has 0 fully saturated rings. The van der Waals surface area contributed by atoms with Crippen LogP contribution in [0, 0.1) is 13.8 Å². The van der Waals surface area contributed by atoms with E-state index >= 15 is 0 Å². The van der Waals surface area contributed by atoms with E-state index in [0.29, 0.717) is 0 Å². The van der Waals surface area contributed by atoms with Crippen molar-refractivity contribution in [2.24, 2.45) is 0 Å². The minimum absolute atomic E-state index is 0.495. The Kier molecular flexibility index (Phi) is 4.20. The highest BCUT2D eigenvalue weighted by Crippen LogP contribution is 2.30. The highest BCUT2D eigenvalue weighted by atomic mass is 32.1. The van der Waals surface area contributed by atoms with Gasteiger partial charge in [-0.1, -0.05) is 37.6 Å². The first-order chi connectivity index (χ1) is 8.61. The van der Waals surface area contributed by atoms with Crippen LogP contribution in [-0.4, -0.2) is 5.11 Å². The van der Waals surface area contributed by atoms with Crippen LogP contribution in [0.25, 0.3) is 0 Å². The van der Waals surface area contributed by atoms with E-state index in [2.05, 4.69) is 39.0 Å². The number of thiophene rings is 1. The summed E-state index contributed by atoms with van der Waals surface area (Å²) in [7, 11) is 0. The molecule has 1 unspecified atom stereocenters. The Balaban J connectivity index is 2.23. The van der Waals surface area contributed by atoms with Gasteiger partial charge in [-0.25, -0.2) is 0 Å². The molecule has 0 aliphatic rings. The second-order valence-electron chi connectivity index (χ2n) is 4.76. The van der Waals surface area contributed by atoms with Gasteiger partial charge < -0.3 is 5.11 Å². The summed E-state index contributed by atoms with van der Waals surface area (Å²) in [5, 5.41) is 10.4. The van der Waals surface area contributed by atoms with Crippen molar-refractivity contribution in [3.8, 4) is 0 Å². The summed E-state index contributed by atoms with van der Waals surface area (Å²) in [6.45, 7) is 6.33. The average Bonchev–Trinajstić information content (AvgIpc) is 2.69. The first-order valence-corrected chi connectivity index (χ1v) is 7.27. The predicted octanol–water partition coefficient (Wildman–Crippen LogP) is 4.40. The topological polar surface area (TPSA) is 20.2 Å². The molecule has 0 amide bonds. The Morgan fingerprint density at radius 3 is 2.33 bits per heavy atom. The molecule has 1 nitrogen and oxygen atoms in total. The lowest BCUT2D eigenvalue weighted by Gasteiger charge is -2.11. The molecule has 1 aromatic carbocycles. The Morgan fingerprint density at radius 1 is 1.17 bits per heavy atom. The Labute approximate surface area is 113 Å². The van der Waals surface area contributed by atoms with Crippen molar-refractivity contribution in [1.29, 1.82) is 0 Å². The first kappa shape index (κ1) is 13.3. The fourth-order valence-electron chi connectivity index (χ4n) is 2.26. The number of hydrogen-bond donors (Lipinski definition) is 1. The number of aryl methyl sites for hydroxylation is 3. The highest BCUT2D eigenvalue weighted by Gasteiger charge is 2.14. The molecule has 18 heavy (non-hydrogen) atoms.